The highest BCUT2D eigenvalue weighted by molar-refractivity contribution is 7.99. The number of thioether (sulfide) groups is 1. The van der Waals surface area contributed by atoms with Crippen molar-refractivity contribution in [1.82, 2.24) is 9.88 Å². The number of hydrogen-bond donors (Lipinski definition) is 1. The summed E-state index contributed by atoms with van der Waals surface area (Å²) in [6.45, 7) is 1.96. The summed E-state index contributed by atoms with van der Waals surface area (Å²) < 4.78 is 1.04. The fraction of sp³-hybridized carbons (Fsp3) is 0.211. The lowest BCUT2D eigenvalue weighted by Gasteiger charge is -2.23. The largest absolute Gasteiger partial charge is 0.324 e. The molecule has 1 atom stereocenters. The molecular weight excluding hydrogens is 366 g/mol. The first kappa shape index (κ1) is 17.1. The number of aryl methyl sites for hydroxylation is 1. The quantitative estimate of drug-likeness (QED) is 0.748. The molecule has 1 aliphatic heterocycles. The number of amides is 2. The number of thiazole rings is 1. The maximum atomic E-state index is 12.8. The van der Waals surface area contributed by atoms with Gasteiger partial charge in [0.25, 0.3) is 5.91 Å². The van der Waals surface area contributed by atoms with Crippen LogP contribution >= 0.6 is 23.1 Å². The summed E-state index contributed by atoms with van der Waals surface area (Å²) in [6.07, 6.45) is 0. The number of benzene rings is 2. The van der Waals surface area contributed by atoms with Crippen molar-refractivity contribution in [3.8, 4) is 0 Å². The maximum Gasteiger partial charge on any atom is 0.255 e. The van der Waals surface area contributed by atoms with E-state index >= 15 is 0 Å². The molecule has 0 aliphatic carbocycles. The average molecular weight is 383 g/mol. The molecule has 0 spiro atoms. The number of nitrogens with one attached hydrogen (secondary N) is 1. The van der Waals surface area contributed by atoms with Crippen LogP contribution in [0.4, 0.5) is 5.69 Å². The van der Waals surface area contributed by atoms with E-state index in [0.717, 1.165) is 20.9 Å². The minimum atomic E-state index is -0.466. The average Bonchev–Trinajstić information content (AvgIpc) is 3.27. The molecule has 1 unspecified atom stereocenters. The molecule has 132 valence electrons. The van der Waals surface area contributed by atoms with Crippen LogP contribution in [0.1, 0.15) is 15.4 Å². The zero-order valence-electron chi connectivity index (χ0n) is 14.1. The Bertz CT molecular complexity index is 971. The van der Waals surface area contributed by atoms with Crippen LogP contribution in [0.2, 0.25) is 0 Å². The van der Waals surface area contributed by atoms with Crippen LogP contribution < -0.4 is 5.32 Å². The smallest absolute Gasteiger partial charge is 0.255 e. The van der Waals surface area contributed by atoms with Crippen molar-refractivity contribution in [2.75, 3.05) is 16.9 Å². The summed E-state index contributed by atoms with van der Waals surface area (Å²) in [5.41, 5.74) is 2.27. The summed E-state index contributed by atoms with van der Waals surface area (Å²) in [7, 11) is 0. The van der Waals surface area contributed by atoms with Gasteiger partial charge in [0.05, 0.1) is 21.1 Å². The molecule has 1 aliphatic rings. The monoisotopic (exact) mass is 383 g/mol. The highest BCUT2D eigenvalue weighted by Gasteiger charge is 2.35. The number of carbonyl (C=O) groups excluding carboxylic acids is 2. The summed E-state index contributed by atoms with van der Waals surface area (Å²) in [5.74, 6) is 0.870. The Hall–Kier alpha value is -2.38. The third-order valence-corrected chi connectivity index (χ3v) is 6.18. The maximum absolute atomic E-state index is 12.8. The minimum Gasteiger partial charge on any atom is -0.324 e. The van der Waals surface area contributed by atoms with Gasteiger partial charge in [0.2, 0.25) is 5.91 Å². The zero-order chi connectivity index (χ0) is 18.1. The number of rotatable bonds is 3. The predicted octanol–water partition coefficient (Wildman–Crippen LogP) is 3.76. The SMILES string of the molecule is Cc1nc2ccc(NC(=O)C3CSCN3C(=O)c3ccccc3)cc2s1. The molecule has 2 aromatic carbocycles. The van der Waals surface area contributed by atoms with E-state index in [4.69, 9.17) is 0 Å². The van der Waals surface area contributed by atoms with Crippen LogP contribution in [-0.4, -0.2) is 39.4 Å². The first-order chi connectivity index (χ1) is 12.6. The number of aromatic nitrogens is 1. The van der Waals surface area contributed by atoms with Crippen LogP contribution in [0, 0.1) is 6.92 Å². The van der Waals surface area contributed by atoms with Gasteiger partial charge in [-0.3, -0.25) is 9.59 Å². The van der Waals surface area contributed by atoms with E-state index in [1.165, 1.54) is 0 Å². The molecule has 1 aromatic heterocycles. The predicted molar refractivity (Wildman–Crippen MR) is 107 cm³/mol. The first-order valence-electron chi connectivity index (χ1n) is 8.23. The van der Waals surface area contributed by atoms with Crippen LogP contribution in [0.5, 0.6) is 0 Å². The Labute approximate surface area is 159 Å². The lowest BCUT2D eigenvalue weighted by Crippen LogP contribution is -2.44. The fourth-order valence-corrected chi connectivity index (χ4v) is 4.97. The normalized spacial score (nSPS) is 16.8. The van der Waals surface area contributed by atoms with Crippen molar-refractivity contribution in [1.29, 1.82) is 0 Å². The molecule has 1 N–H and O–H groups in total. The molecule has 3 aromatic rings. The zero-order valence-corrected chi connectivity index (χ0v) is 15.8. The topological polar surface area (TPSA) is 62.3 Å². The van der Waals surface area contributed by atoms with E-state index in [1.807, 2.05) is 43.3 Å². The molecule has 2 heterocycles. The van der Waals surface area contributed by atoms with Gasteiger partial charge in [-0.2, -0.15) is 0 Å². The van der Waals surface area contributed by atoms with Crippen LogP contribution in [0.15, 0.2) is 48.5 Å². The van der Waals surface area contributed by atoms with Crippen molar-refractivity contribution in [3.05, 3.63) is 59.1 Å². The minimum absolute atomic E-state index is 0.107. The first-order valence-corrected chi connectivity index (χ1v) is 10.2. The van der Waals surface area contributed by atoms with E-state index in [2.05, 4.69) is 10.3 Å². The summed E-state index contributed by atoms with van der Waals surface area (Å²) >= 11 is 3.19. The third kappa shape index (κ3) is 3.32. The molecule has 4 rings (SSSR count). The van der Waals surface area contributed by atoms with E-state index in [0.29, 0.717) is 17.2 Å². The number of fused-ring (bicyclic) bond motifs is 1. The molecule has 0 saturated carbocycles. The lowest BCUT2D eigenvalue weighted by molar-refractivity contribution is -0.119. The number of hydrogen-bond acceptors (Lipinski definition) is 5. The highest BCUT2D eigenvalue weighted by atomic mass is 32.2. The third-order valence-electron chi connectivity index (χ3n) is 4.23. The molecule has 5 nitrogen and oxygen atoms in total. The van der Waals surface area contributed by atoms with Crippen molar-refractivity contribution in [2.45, 2.75) is 13.0 Å². The molecule has 2 amide bonds. The van der Waals surface area contributed by atoms with Gasteiger partial charge < -0.3 is 10.2 Å². The summed E-state index contributed by atoms with van der Waals surface area (Å²) in [5, 5.41) is 3.95. The van der Waals surface area contributed by atoms with Crippen molar-refractivity contribution in [3.63, 3.8) is 0 Å². The number of nitrogens with zero attached hydrogens (tertiary/aromatic N) is 2. The van der Waals surface area contributed by atoms with Crippen LogP contribution in [0.25, 0.3) is 10.2 Å². The number of anilines is 1. The van der Waals surface area contributed by atoms with Gasteiger partial charge in [-0.15, -0.1) is 23.1 Å². The second-order valence-corrected chi connectivity index (χ2v) is 8.30. The van der Waals surface area contributed by atoms with Crippen LogP contribution in [0.3, 0.4) is 0 Å². The summed E-state index contributed by atoms with van der Waals surface area (Å²) in [6, 6.07) is 14.3. The molecule has 0 bridgehead atoms. The Morgan fingerprint density at radius 2 is 2.00 bits per heavy atom. The fourth-order valence-electron chi connectivity index (χ4n) is 2.95. The Balaban J connectivity index is 1.51. The van der Waals surface area contributed by atoms with Crippen LogP contribution in [-0.2, 0) is 4.79 Å². The molecule has 1 fully saturated rings. The number of carbonyl (C=O) groups is 2. The van der Waals surface area contributed by atoms with Gasteiger partial charge in [-0.1, -0.05) is 18.2 Å². The standard InChI is InChI=1S/C19H17N3O2S2/c1-12-20-15-8-7-14(9-17(15)26-12)21-18(23)16-10-25-11-22(16)19(24)13-5-3-2-4-6-13/h2-9,16H,10-11H2,1H3,(H,21,23). The van der Waals surface area contributed by atoms with Gasteiger partial charge in [-0.05, 0) is 37.3 Å². The highest BCUT2D eigenvalue weighted by Crippen LogP contribution is 2.27. The Morgan fingerprint density at radius 1 is 1.19 bits per heavy atom. The van der Waals surface area contributed by atoms with Crippen molar-refractivity contribution in [2.24, 2.45) is 0 Å². The Kier molecular flexibility index (Phi) is 4.65. The molecule has 7 heteroatoms. The van der Waals surface area contributed by atoms with Gasteiger partial charge in [0, 0.05) is 17.0 Å². The van der Waals surface area contributed by atoms with Gasteiger partial charge in [0.15, 0.2) is 0 Å². The van der Waals surface area contributed by atoms with E-state index < -0.39 is 6.04 Å². The second-order valence-electron chi connectivity index (χ2n) is 6.06. The van der Waals surface area contributed by atoms with E-state index in [1.54, 1.807) is 40.1 Å². The molecule has 1 saturated heterocycles. The Morgan fingerprint density at radius 3 is 2.81 bits per heavy atom. The summed E-state index contributed by atoms with van der Waals surface area (Å²) in [4.78, 5) is 31.6. The van der Waals surface area contributed by atoms with Gasteiger partial charge >= 0.3 is 0 Å². The van der Waals surface area contributed by atoms with E-state index in [-0.39, 0.29) is 11.8 Å². The van der Waals surface area contributed by atoms with Crippen molar-refractivity contribution < 1.29 is 9.59 Å². The second kappa shape index (κ2) is 7.09. The molecule has 0 radical (unpaired) electrons. The van der Waals surface area contributed by atoms with Crippen molar-refractivity contribution >= 4 is 50.8 Å². The van der Waals surface area contributed by atoms with Gasteiger partial charge in [0.1, 0.15) is 6.04 Å². The molecule has 26 heavy (non-hydrogen) atoms. The lowest BCUT2D eigenvalue weighted by atomic mass is 10.1. The molecular formula is C19H17N3O2S2. The van der Waals surface area contributed by atoms with E-state index in [9.17, 15) is 9.59 Å². The van der Waals surface area contributed by atoms with Gasteiger partial charge in [-0.25, -0.2) is 4.98 Å².